The summed E-state index contributed by atoms with van der Waals surface area (Å²) in [6.45, 7) is 2.31. The van der Waals surface area contributed by atoms with E-state index in [1.54, 1.807) is 0 Å². The predicted molar refractivity (Wildman–Crippen MR) is 56.5 cm³/mol. The Bertz CT molecular complexity index is 336. The number of nitrogens with zero attached hydrogens (tertiary/aromatic N) is 2. The summed E-state index contributed by atoms with van der Waals surface area (Å²) in [4.78, 5) is 4.79. The molecule has 1 aliphatic heterocycles. The van der Waals surface area contributed by atoms with E-state index in [2.05, 4.69) is 17.7 Å². The maximum absolute atomic E-state index is 4.79. The van der Waals surface area contributed by atoms with Gasteiger partial charge < -0.3 is 4.57 Å². The molecule has 1 aliphatic carbocycles. The summed E-state index contributed by atoms with van der Waals surface area (Å²) in [5, 5.41) is 0. The van der Waals surface area contributed by atoms with Gasteiger partial charge in [-0.3, -0.25) is 0 Å². The van der Waals surface area contributed by atoms with E-state index in [9.17, 15) is 0 Å². The number of hydrogen-bond acceptors (Lipinski definition) is 1. The Morgan fingerprint density at radius 2 is 2.14 bits per heavy atom. The van der Waals surface area contributed by atoms with Crippen LogP contribution in [0.2, 0.25) is 0 Å². The standard InChI is InChI=1S/C12H18N2/c1-9-4-2-7-12-13-11(8-14(9)12)10-5-3-6-10/h8-10H,2-7H2,1H3. The van der Waals surface area contributed by atoms with E-state index < -0.39 is 0 Å². The van der Waals surface area contributed by atoms with Crippen molar-refractivity contribution in [3.8, 4) is 0 Å². The molecule has 1 aromatic rings. The highest BCUT2D eigenvalue weighted by Crippen LogP contribution is 2.37. The fourth-order valence-corrected chi connectivity index (χ4v) is 2.61. The summed E-state index contributed by atoms with van der Waals surface area (Å²) < 4.78 is 2.41. The van der Waals surface area contributed by atoms with Gasteiger partial charge in [0.05, 0.1) is 5.69 Å². The van der Waals surface area contributed by atoms with Gasteiger partial charge in [0.25, 0.3) is 0 Å². The van der Waals surface area contributed by atoms with Crippen molar-refractivity contribution in [2.24, 2.45) is 0 Å². The summed E-state index contributed by atoms with van der Waals surface area (Å²) in [5.74, 6) is 2.13. The van der Waals surface area contributed by atoms with Crippen molar-refractivity contribution < 1.29 is 0 Å². The minimum absolute atomic E-state index is 0.681. The molecule has 2 nitrogen and oxygen atoms in total. The Labute approximate surface area is 85.3 Å². The highest BCUT2D eigenvalue weighted by atomic mass is 15.1. The third-order valence-corrected chi connectivity index (χ3v) is 3.85. The minimum Gasteiger partial charge on any atom is -0.332 e. The highest BCUT2D eigenvalue weighted by Gasteiger charge is 2.25. The first-order valence-electron chi connectivity index (χ1n) is 5.92. The third-order valence-electron chi connectivity index (χ3n) is 3.85. The van der Waals surface area contributed by atoms with Crippen molar-refractivity contribution in [3.05, 3.63) is 17.7 Å². The lowest BCUT2D eigenvalue weighted by atomic mass is 9.83. The van der Waals surface area contributed by atoms with E-state index in [0.29, 0.717) is 6.04 Å². The van der Waals surface area contributed by atoms with Gasteiger partial charge in [-0.05, 0) is 32.6 Å². The Kier molecular flexibility index (Phi) is 1.89. The molecule has 1 aromatic heterocycles. The molecule has 14 heavy (non-hydrogen) atoms. The van der Waals surface area contributed by atoms with Gasteiger partial charge in [-0.1, -0.05) is 6.42 Å². The van der Waals surface area contributed by atoms with E-state index in [4.69, 9.17) is 4.98 Å². The normalized spacial score (nSPS) is 27.1. The summed E-state index contributed by atoms with van der Waals surface area (Å²) in [6, 6.07) is 0.681. The Morgan fingerprint density at radius 1 is 1.29 bits per heavy atom. The number of fused-ring (bicyclic) bond motifs is 1. The maximum Gasteiger partial charge on any atom is 0.109 e. The molecule has 3 rings (SSSR count). The molecule has 1 saturated carbocycles. The van der Waals surface area contributed by atoms with E-state index in [1.165, 1.54) is 50.0 Å². The lowest BCUT2D eigenvalue weighted by Gasteiger charge is -2.23. The topological polar surface area (TPSA) is 17.8 Å². The lowest BCUT2D eigenvalue weighted by molar-refractivity contribution is 0.411. The lowest BCUT2D eigenvalue weighted by Crippen LogP contribution is -2.14. The molecule has 0 amide bonds. The second kappa shape index (κ2) is 3.11. The Balaban J connectivity index is 1.93. The van der Waals surface area contributed by atoms with Gasteiger partial charge in [-0.15, -0.1) is 0 Å². The van der Waals surface area contributed by atoms with Crippen LogP contribution in [0.5, 0.6) is 0 Å². The monoisotopic (exact) mass is 190 g/mol. The number of rotatable bonds is 1. The number of aryl methyl sites for hydroxylation is 1. The molecule has 2 heteroatoms. The quantitative estimate of drug-likeness (QED) is 0.665. The van der Waals surface area contributed by atoms with Crippen LogP contribution in [0, 0.1) is 0 Å². The van der Waals surface area contributed by atoms with Crippen molar-refractivity contribution in [1.82, 2.24) is 9.55 Å². The number of aromatic nitrogens is 2. The summed E-state index contributed by atoms with van der Waals surface area (Å²) >= 11 is 0. The molecular weight excluding hydrogens is 172 g/mol. The van der Waals surface area contributed by atoms with Crippen LogP contribution in [0.3, 0.4) is 0 Å². The zero-order chi connectivity index (χ0) is 9.54. The van der Waals surface area contributed by atoms with Crippen LogP contribution in [-0.2, 0) is 6.42 Å². The van der Waals surface area contributed by atoms with Crippen molar-refractivity contribution in [2.45, 2.75) is 57.4 Å². The van der Waals surface area contributed by atoms with E-state index in [-0.39, 0.29) is 0 Å². The largest absolute Gasteiger partial charge is 0.332 e. The molecule has 2 aliphatic rings. The second-order valence-electron chi connectivity index (χ2n) is 4.86. The van der Waals surface area contributed by atoms with Crippen molar-refractivity contribution in [1.29, 1.82) is 0 Å². The molecule has 0 bridgehead atoms. The van der Waals surface area contributed by atoms with Gasteiger partial charge in [0.2, 0.25) is 0 Å². The number of imidazole rings is 1. The fourth-order valence-electron chi connectivity index (χ4n) is 2.61. The van der Waals surface area contributed by atoms with Crippen LogP contribution in [0.1, 0.15) is 62.5 Å². The van der Waals surface area contributed by atoms with E-state index >= 15 is 0 Å². The summed E-state index contributed by atoms with van der Waals surface area (Å²) in [7, 11) is 0. The molecule has 2 heterocycles. The molecule has 1 atom stereocenters. The van der Waals surface area contributed by atoms with Crippen LogP contribution < -0.4 is 0 Å². The molecule has 0 radical (unpaired) electrons. The van der Waals surface area contributed by atoms with Crippen LogP contribution in [-0.4, -0.2) is 9.55 Å². The van der Waals surface area contributed by atoms with Gasteiger partial charge in [-0.25, -0.2) is 4.98 Å². The summed E-state index contributed by atoms with van der Waals surface area (Å²) in [6.07, 6.45) is 10.3. The molecule has 0 aromatic carbocycles. The molecule has 1 fully saturated rings. The summed E-state index contributed by atoms with van der Waals surface area (Å²) in [5.41, 5.74) is 1.38. The van der Waals surface area contributed by atoms with Crippen LogP contribution in [0.4, 0.5) is 0 Å². The predicted octanol–water partition coefficient (Wildman–Crippen LogP) is 3.05. The molecule has 76 valence electrons. The van der Waals surface area contributed by atoms with Crippen LogP contribution in [0.15, 0.2) is 6.20 Å². The first-order valence-corrected chi connectivity index (χ1v) is 5.92. The smallest absolute Gasteiger partial charge is 0.109 e. The molecular formula is C12H18N2. The van der Waals surface area contributed by atoms with Gasteiger partial charge in [0.15, 0.2) is 0 Å². The Hall–Kier alpha value is -0.790. The third kappa shape index (κ3) is 1.20. The number of hydrogen-bond donors (Lipinski definition) is 0. The van der Waals surface area contributed by atoms with Crippen molar-refractivity contribution in [2.75, 3.05) is 0 Å². The van der Waals surface area contributed by atoms with Crippen molar-refractivity contribution in [3.63, 3.8) is 0 Å². The average Bonchev–Trinajstić information content (AvgIpc) is 2.46. The minimum atomic E-state index is 0.681. The fraction of sp³-hybridized carbons (Fsp3) is 0.750. The van der Waals surface area contributed by atoms with Gasteiger partial charge >= 0.3 is 0 Å². The zero-order valence-corrected chi connectivity index (χ0v) is 8.87. The van der Waals surface area contributed by atoms with E-state index in [0.717, 1.165) is 5.92 Å². The average molecular weight is 190 g/mol. The van der Waals surface area contributed by atoms with Gasteiger partial charge in [0.1, 0.15) is 5.82 Å². The van der Waals surface area contributed by atoms with Crippen LogP contribution >= 0.6 is 0 Å². The molecule has 0 N–H and O–H groups in total. The Morgan fingerprint density at radius 3 is 2.79 bits per heavy atom. The molecule has 0 spiro atoms. The van der Waals surface area contributed by atoms with Gasteiger partial charge in [0, 0.05) is 24.6 Å². The van der Waals surface area contributed by atoms with Crippen LogP contribution in [0.25, 0.3) is 0 Å². The maximum atomic E-state index is 4.79. The zero-order valence-electron chi connectivity index (χ0n) is 8.87. The SMILES string of the molecule is CC1CCCc2nc(C3CCC3)cn21. The van der Waals surface area contributed by atoms with Gasteiger partial charge in [-0.2, -0.15) is 0 Å². The highest BCUT2D eigenvalue weighted by molar-refractivity contribution is 5.14. The van der Waals surface area contributed by atoms with E-state index in [1.807, 2.05) is 0 Å². The molecule has 1 unspecified atom stereocenters. The second-order valence-corrected chi connectivity index (χ2v) is 4.86. The first kappa shape index (κ1) is 8.51. The molecule has 0 saturated heterocycles. The van der Waals surface area contributed by atoms with Crippen molar-refractivity contribution >= 4 is 0 Å². The first-order chi connectivity index (χ1) is 6.84.